The summed E-state index contributed by atoms with van der Waals surface area (Å²) in [5.41, 5.74) is 1.63. The number of thiocyanates is 1. The van der Waals surface area contributed by atoms with E-state index in [1.165, 1.54) is 24.3 Å². The molecule has 0 aliphatic rings. The molecule has 8 heteroatoms. The van der Waals surface area contributed by atoms with E-state index in [9.17, 15) is 18.8 Å². The molecule has 0 aliphatic heterocycles. The number of Topliss-reactive ketones (excluding diaryl/α,β-unsaturated/α-hetero) is 1. The lowest BCUT2D eigenvalue weighted by Crippen LogP contribution is -2.21. The van der Waals surface area contributed by atoms with Gasteiger partial charge in [-0.05, 0) is 66.7 Å². The Bertz CT molecular complexity index is 923. The number of nitrogens with one attached hydrogen (secondary N) is 1. The number of hydrogen-bond acceptors (Lipinski definition) is 6. The number of carbonyl (C=O) groups is 3. The van der Waals surface area contributed by atoms with Gasteiger partial charge in [0.05, 0.1) is 6.42 Å². The Labute approximate surface area is 165 Å². The smallest absolute Gasteiger partial charge is 0.306 e. The number of ketones is 1. The predicted molar refractivity (Wildman–Crippen MR) is 102 cm³/mol. The van der Waals surface area contributed by atoms with E-state index in [1.807, 2.05) is 5.40 Å². The Balaban J connectivity index is 1.76. The third kappa shape index (κ3) is 6.52. The highest BCUT2D eigenvalue weighted by molar-refractivity contribution is 8.03. The number of rotatable bonds is 8. The Hall–Kier alpha value is -3.18. The first-order chi connectivity index (χ1) is 13.4. The first kappa shape index (κ1) is 21.1. The molecule has 0 spiro atoms. The van der Waals surface area contributed by atoms with Crippen LogP contribution in [0.2, 0.25) is 0 Å². The number of hydrogen-bond donors (Lipinski definition) is 1. The standard InChI is InChI=1S/C20H17FN2O4S/c1-13-10-16(28-12-22)6-7-17(13)23-19(25)11-27-20(26)9-8-18(24)14-2-4-15(21)5-3-14/h2-7,10H,8-9,11H2,1H3,(H,23,25). The molecule has 0 atom stereocenters. The van der Waals surface area contributed by atoms with Crippen LogP contribution in [0.1, 0.15) is 28.8 Å². The summed E-state index contributed by atoms with van der Waals surface area (Å²) in [5.74, 6) is -1.95. The quantitative estimate of drug-likeness (QED) is 0.313. The average Bonchev–Trinajstić information content (AvgIpc) is 2.67. The summed E-state index contributed by atoms with van der Waals surface area (Å²) < 4.78 is 17.7. The number of nitrogens with zero attached hydrogens (tertiary/aromatic N) is 1. The molecule has 0 radical (unpaired) electrons. The lowest BCUT2D eigenvalue weighted by molar-refractivity contribution is -0.147. The van der Waals surface area contributed by atoms with Gasteiger partial charge in [-0.25, -0.2) is 4.39 Å². The third-order valence-electron chi connectivity index (χ3n) is 3.72. The van der Waals surface area contributed by atoms with Gasteiger partial charge in [0, 0.05) is 22.6 Å². The first-order valence-electron chi connectivity index (χ1n) is 8.30. The number of amides is 1. The van der Waals surface area contributed by atoms with Gasteiger partial charge >= 0.3 is 5.97 Å². The molecule has 0 unspecified atom stereocenters. The van der Waals surface area contributed by atoms with Crippen molar-refractivity contribution < 1.29 is 23.5 Å². The van der Waals surface area contributed by atoms with Crippen LogP contribution in [-0.4, -0.2) is 24.3 Å². The van der Waals surface area contributed by atoms with Crippen molar-refractivity contribution in [2.45, 2.75) is 24.7 Å². The summed E-state index contributed by atoms with van der Waals surface area (Å²) in [6, 6.07) is 10.2. The number of benzene rings is 2. The van der Waals surface area contributed by atoms with Crippen LogP contribution in [0.3, 0.4) is 0 Å². The van der Waals surface area contributed by atoms with Gasteiger partial charge < -0.3 is 10.1 Å². The molecule has 6 nitrogen and oxygen atoms in total. The van der Waals surface area contributed by atoms with Crippen molar-refractivity contribution in [1.82, 2.24) is 0 Å². The number of carbonyl (C=O) groups excluding carboxylic acids is 3. The number of esters is 1. The second-order valence-electron chi connectivity index (χ2n) is 5.81. The number of thioether (sulfide) groups is 1. The number of ether oxygens (including phenoxy) is 1. The first-order valence-corrected chi connectivity index (χ1v) is 9.11. The van der Waals surface area contributed by atoms with Gasteiger partial charge in [-0.2, -0.15) is 5.26 Å². The van der Waals surface area contributed by atoms with E-state index in [2.05, 4.69) is 5.32 Å². The largest absolute Gasteiger partial charge is 0.456 e. The zero-order valence-electron chi connectivity index (χ0n) is 15.0. The van der Waals surface area contributed by atoms with Crippen molar-refractivity contribution in [2.24, 2.45) is 0 Å². The van der Waals surface area contributed by atoms with Crippen molar-refractivity contribution in [1.29, 1.82) is 5.26 Å². The summed E-state index contributed by atoms with van der Waals surface area (Å²) in [7, 11) is 0. The van der Waals surface area contributed by atoms with Crippen molar-refractivity contribution >= 4 is 35.1 Å². The monoisotopic (exact) mass is 400 g/mol. The molecule has 0 fully saturated rings. The minimum Gasteiger partial charge on any atom is -0.456 e. The zero-order valence-corrected chi connectivity index (χ0v) is 15.8. The lowest BCUT2D eigenvalue weighted by atomic mass is 10.1. The molecule has 2 rings (SSSR count). The highest BCUT2D eigenvalue weighted by Gasteiger charge is 2.13. The molecule has 2 aromatic carbocycles. The fourth-order valence-electron chi connectivity index (χ4n) is 2.29. The highest BCUT2D eigenvalue weighted by Crippen LogP contribution is 2.23. The normalized spacial score (nSPS) is 10.0. The summed E-state index contributed by atoms with van der Waals surface area (Å²) in [6.07, 6.45) is -0.272. The molecule has 1 amide bonds. The Morgan fingerprint density at radius 3 is 2.50 bits per heavy atom. The van der Waals surface area contributed by atoms with Gasteiger partial charge in [0.1, 0.15) is 11.2 Å². The maximum atomic E-state index is 12.8. The molecule has 1 N–H and O–H groups in total. The number of nitriles is 1. The number of halogens is 1. The Morgan fingerprint density at radius 2 is 1.86 bits per heavy atom. The van der Waals surface area contributed by atoms with Gasteiger partial charge in [0.25, 0.3) is 5.91 Å². The third-order valence-corrected chi connectivity index (χ3v) is 4.30. The fourth-order valence-corrected chi connectivity index (χ4v) is 2.77. The second-order valence-corrected chi connectivity index (χ2v) is 6.67. The molecule has 144 valence electrons. The van der Waals surface area contributed by atoms with E-state index in [0.717, 1.165) is 22.2 Å². The highest BCUT2D eigenvalue weighted by atomic mass is 32.2. The van der Waals surface area contributed by atoms with Crippen LogP contribution in [0.4, 0.5) is 10.1 Å². The van der Waals surface area contributed by atoms with E-state index in [1.54, 1.807) is 25.1 Å². The molecule has 0 bridgehead atoms. The van der Waals surface area contributed by atoms with E-state index in [4.69, 9.17) is 10.00 Å². The van der Waals surface area contributed by atoms with Crippen LogP contribution in [-0.2, 0) is 14.3 Å². The molecule has 0 heterocycles. The zero-order chi connectivity index (χ0) is 20.5. The Kier molecular flexibility index (Phi) is 7.72. The SMILES string of the molecule is Cc1cc(SC#N)ccc1NC(=O)COC(=O)CCC(=O)c1ccc(F)cc1. The molecule has 2 aromatic rings. The van der Waals surface area contributed by atoms with Crippen LogP contribution in [0.25, 0.3) is 0 Å². The van der Waals surface area contributed by atoms with Gasteiger partial charge in [-0.15, -0.1) is 0 Å². The summed E-state index contributed by atoms with van der Waals surface area (Å²) >= 11 is 1.02. The molecule has 28 heavy (non-hydrogen) atoms. The van der Waals surface area contributed by atoms with Gasteiger partial charge in [0.2, 0.25) is 0 Å². The summed E-state index contributed by atoms with van der Waals surface area (Å²) in [6.45, 7) is 1.31. The number of aryl methyl sites for hydroxylation is 1. The maximum Gasteiger partial charge on any atom is 0.306 e. The van der Waals surface area contributed by atoms with Crippen LogP contribution < -0.4 is 5.32 Å². The predicted octanol–water partition coefficient (Wildman–Crippen LogP) is 3.85. The minimum atomic E-state index is -0.678. The molecule has 0 aliphatic carbocycles. The average molecular weight is 400 g/mol. The summed E-state index contributed by atoms with van der Waals surface area (Å²) in [5, 5.41) is 13.2. The Morgan fingerprint density at radius 1 is 1.14 bits per heavy atom. The lowest BCUT2D eigenvalue weighted by Gasteiger charge is -2.09. The van der Waals surface area contributed by atoms with E-state index < -0.39 is 24.3 Å². The fraction of sp³-hybridized carbons (Fsp3) is 0.200. The van der Waals surface area contributed by atoms with Crippen molar-refractivity contribution in [3.05, 3.63) is 59.4 Å². The summed E-state index contributed by atoms with van der Waals surface area (Å²) in [4.78, 5) is 36.3. The van der Waals surface area contributed by atoms with Crippen molar-refractivity contribution in [3.63, 3.8) is 0 Å². The van der Waals surface area contributed by atoms with E-state index in [0.29, 0.717) is 11.3 Å². The van der Waals surface area contributed by atoms with Crippen LogP contribution in [0.15, 0.2) is 47.4 Å². The van der Waals surface area contributed by atoms with Gasteiger partial charge in [-0.1, -0.05) is 0 Å². The van der Waals surface area contributed by atoms with Crippen molar-refractivity contribution in [2.75, 3.05) is 11.9 Å². The van der Waals surface area contributed by atoms with Gasteiger partial charge in [-0.3, -0.25) is 14.4 Å². The van der Waals surface area contributed by atoms with Crippen LogP contribution >= 0.6 is 11.8 Å². The van der Waals surface area contributed by atoms with E-state index in [-0.39, 0.29) is 18.6 Å². The van der Waals surface area contributed by atoms with Crippen molar-refractivity contribution in [3.8, 4) is 5.40 Å². The van der Waals surface area contributed by atoms with E-state index >= 15 is 0 Å². The number of anilines is 1. The molecular weight excluding hydrogens is 383 g/mol. The molecule has 0 aromatic heterocycles. The van der Waals surface area contributed by atoms with Crippen LogP contribution in [0.5, 0.6) is 0 Å². The maximum absolute atomic E-state index is 12.8. The van der Waals surface area contributed by atoms with Crippen LogP contribution in [0, 0.1) is 23.4 Å². The minimum absolute atomic E-state index is 0.0940. The molecule has 0 saturated heterocycles. The topological polar surface area (TPSA) is 96.3 Å². The molecule has 0 saturated carbocycles. The van der Waals surface area contributed by atoms with Gasteiger partial charge in [0.15, 0.2) is 12.4 Å². The second kappa shape index (κ2) is 10.2. The molecular formula is C20H17FN2O4S.